The van der Waals surface area contributed by atoms with Crippen molar-refractivity contribution in [1.29, 1.82) is 0 Å². The minimum absolute atomic E-state index is 0.110. The molecule has 2 aromatic rings. The highest BCUT2D eigenvalue weighted by Gasteiger charge is 2.22. The monoisotopic (exact) mass is 364 g/mol. The number of nitrogens with zero attached hydrogens (tertiary/aromatic N) is 3. The van der Waals surface area contributed by atoms with Gasteiger partial charge in [0.05, 0.1) is 17.2 Å². The predicted molar refractivity (Wildman–Crippen MR) is 82.8 cm³/mol. The third-order valence-corrected chi connectivity index (χ3v) is 3.93. The molecule has 0 atom stereocenters. The van der Waals surface area contributed by atoms with Crippen LogP contribution < -0.4 is 11.0 Å². The van der Waals surface area contributed by atoms with E-state index in [0.29, 0.717) is 23.9 Å². The molecule has 22 heavy (non-hydrogen) atoms. The Morgan fingerprint density at radius 2 is 2.18 bits per heavy atom. The van der Waals surface area contributed by atoms with Crippen LogP contribution in [-0.2, 0) is 16.1 Å². The van der Waals surface area contributed by atoms with E-state index in [-0.39, 0.29) is 18.0 Å². The molecule has 1 N–H and O–H groups in total. The Labute approximate surface area is 134 Å². The summed E-state index contributed by atoms with van der Waals surface area (Å²) in [6.07, 6.45) is 2.50. The maximum absolute atomic E-state index is 12.4. The van der Waals surface area contributed by atoms with Crippen LogP contribution in [0, 0.1) is 0 Å². The van der Waals surface area contributed by atoms with Crippen LogP contribution in [0.5, 0.6) is 0 Å². The molecule has 0 bridgehead atoms. The van der Waals surface area contributed by atoms with Crippen molar-refractivity contribution in [2.24, 2.45) is 0 Å². The van der Waals surface area contributed by atoms with E-state index in [4.69, 9.17) is 0 Å². The highest BCUT2D eigenvalue weighted by molar-refractivity contribution is 9.10. The summed E-state index contributed by atoms with van der Waals surface area (Å²) in [5, 5.41) is 1.72. The lowest BCUT2D eigenvalue weighted by molar-refractivity contribution is -0.138. The van der Waals surface area contributed by atoms with Crippen LogP contribution in [0.15, 0.2) is 33.8 Å². The molecule has 1 aromatic carbocycles. The second kappa shape index (κ2) is 5.88. The van der Waals surface area contributed by atoms with Gasteiger partial charge in [0.2, 0.25) is 5.91 Å². The smallest absolute Gasteiger partial charge is 0.261 e. The fourth-order valence-corrected chi connectivity index (χ4v) is 2.71. The zero-order valence-corrected chi connectivity index (χ0v) is 13.2. The molecule has 2 heterocycles. The molecule has 1 aromatic heterocycles. The normalized spacial score (nSPS) is 14.6. The van der Waals surface area contributed by atoms with Gasteiger partial charge in [-0.15, -0.1) is 0 Å². The first-order valence-corrected chi connectivity index (χ1v) is 7.58. The number of amides is 2. The number of rotatable bonds is 3. The number of hydrazine groups is 1. The average Bonchev–Trinajstić information content (AvgIpc) is 2.88. The third-order valence-electron chi connectivity index (χ3n) is 3.43. The molecule has 0 spiro atoms. The molecule has 3 rings (SSSR count). The van der Waals surface area contributed by atoms with Crippen molar-refractivity contribution in [2.45, 2.75) is 19.4 Å². The number of benzene rings is 1. The Bertz CT molecular complexity index is 817. The molecule has 0 unspecified atom stereocenters. The highest BCUT2D eigenvalue weighted by atomic mass is 79.9. The number of halogens is 1. The van der Waals surface area contributed by atoms with Gasteiger partial charge in [-0.2, -0.15) is 0 Å². The minimum Gasteiger partial charge on any atom is -0.289 e. The zero-order chi connectivity index (χ0) is 15.7. The zero-order valence-electron chi connectivity index (χ0n) is 11.6. The quantitative estimate of drug-likeness (QED) is 0.873. The maximum Gasteiger partial charge on any atom is 0.261 e. The van der Waals surface area contributed by atoms with E-state index in [0.717, 1.165) is 10.9 Å². The van der Waals surface area contributed by atoms with Crippen LogP contribution in [0.3, 0.4) is 0 Å². The summed E-state index contributed by atoms with van der Waals surface area (Å²) in [5.41, 5.74) is 2.78. The SMILES string of the molecule is O=C(Cn1cnc2ccc(Br)cc2c1=O)NN1CCCC1=O. The Morgan fingerprint density at radius 3 is 2.91 bits per heavy atom. The van der Waals surface area contributed by atoms with Gasteiger partial charge >= 0.3 is 0 Å². The molecular formula is C14H13BrN4O3. The van der Waals surface area contributed by atoms with Gasteiger partial charge < -0.3 is 0 Å². The summed E-state index contributed by atoms with van der Waals surface area (Å²) in [4.78, 5) is 40.0. The van der Waals surface area contributed by atoms with E-state index in [2.05, 4.69) is 26.3 Å². The van der Waals surface area contributed by atoms with Crippen LogP contribution in [-0.4, -0.2) is 32.9 Å². The first kappa shape index (κ1) is 14.7. The molecule has 0 saturated carbocycles. The van der Waals surface area contributed by atoms with Gasteiger partial charge in [-0.05, 0) is 24.6 Å². The molecule has 7 nitrogen and oxygen atoms in total. The van der Waals surface area contributed by atoms with E-state index in [9.17, 15) is 14.4 Å². The number of carbonyl (C=O) groups excluding carboxylic acids is 2. The fourth-order valence-electron chi connectivity index (χ4n) is 2.35. The van der Waals surface area contributed by atoms with Crippen LogP contribution in [0.1, 0.15) is 12.8 Å². The number of fused-ring (bicyclic) bond motifs is 1. The van der Waals surface area contributed by atoms with Gasteiger partial charge in [-0.3, -0.25) is 29.4 Å². The van der Waals surface area contributed by atoms with E-state index in [1.54, 1.807) is 18.2 Å². The summed E-state index contributed by atoms with van der Waals surface area (Å²) in [7, 11) is 0. The van der Waals surface area contributed by atoms with Crippen molar-refractivity contribution in [3.8, 4) is 0 Å². The lowest BCUT2D eigenvalue weighted by atomic mass is 10.2. The number of hydrogen-bond acceptors (Lipinski definition) is 4. The van der Waals surface area contributed by atoms with Gasteiger partial charge in [0, 0.05) is 17.4 Å². The lowest BCUT2D eigenvalue weighted by Gasteiger charge is -2.17. The van der Waals surface area contributed by atoms with Gasteiger partial charge in [-0.25, -0.2) is 4.98 Å². The predicted octanol–water partition coefficient (Wildman–Crippen LogP) is 0.813. The van der Waals surface area contributed by atoms with Crippen molar-refractivity contribution in [3.05, 3.63) is 39.4 Å². The molecular weight excluding hydrogens is 352 g/mol. The second-order valence-electron chi connectivity index (χ2n) is 5.02. The van der Waals surface area contributed by atoms with Crippen molar-refractivity contribution < 1.29 is 9.59 Å². The molecule has 1 fully saturated rings. The van der Waals surface area contributed by atoms with Crippen LogP contribution in [0.2, 0.25) is 0 Å². The summed E-state index contributed by atoms with van der Waals surface area (Å²) >= 11 is 3.31. The third kappa shape index (κ3) is 2.87. The molecule has 1 saturated heterocycles. The van der Waals surface area contributed by atoms with Crippen LogP contribution in [0.4, 0.5) is 0 Å². The van der Waals surface area contributed by atoms with Crippen LogP contribution in [0.25, 0.3) is 10.9 Å². The van der Waals surface area contributed by atoms with Gasteiger partial charge in [0.25, 0.3) is 11.5 Å². The number of carbonyl (C=O) groups is 2. The molecule has 0 aliphatic carbocycles. The Balaban J connectivity index is 1.81. The van der Waals surface area contributed by atoms with E-state index < -0.39 is 5.91 Å². The molecule has 2 amide bonds. The first-order chi connectivity index (χ1) is 10.5. The molecule has 114 valence electrons. The number of aromatic nitrogens is 2. The van der Waals surface area contributed by atoms with Gasteiger partial charge in [0.15, 0.2) is 0 Å². The van der Waals surface area contributed by atoms with E-state index in [1.807, 2.05) is 0 Å². The fraction of sp³-hybridized carbons (Fsp3) is 0.286. The molecule has 1 aliphatic heterocycles. The Hall–Kier alpha value is -2.22. The van der Waals surface area contributed by atoms with Gasteiger partial charge in [-0.1, -0.05) is 15.9 Å². The lowest BCUT2D eigenvalue weighted by Crippen LogP contribution is -2.45. The van der Waals surface area contributed by atoms with Crippen molar-refractivity contribution in [3.63, 3.8) is 0 Å². The highest BCUT2D eigenvalue weighted by Crippen LogP contribution is 2.14. The largest absolute Gasteiger partial charge is 0.289 e. The molecule has 0 radical (unpaired) electrons. The number of nitrogens with one attached hydrogen (secondary N) is 1. The first-order valence-electron chi connectivity index (χ1n) is 6.79. The summed E-state index contributed by atoms with van der Waals surface area (Å²) in [6, 6.07) is 5.20. The van der Waals surface area contributed by atoms with Crippen molar-refractivity contribution >= 4 is 38.6 Å². The second-order valence-corrected chi connectivity index (χ2v) is 5.94. The molecule has 8 heteroatoms. The van der Waals surface area contributed by atoms with Gasteiger partial charge in [0.1, 0.15) is 6.54 Å². The molecule has 1 aliphatic rings. The van der Waals surface area contributed by atoms with E-state index in [1.165, 1.54) is 15.9 Å². The standard InChI is InChI=1S/C14H13BrN4O3/c15-9-3-4-11-10(6-9)14(22)18(8-16-11)7-12(20)17-19-5-1-2-13(19)21/h3-4,6,8H,1-2,5,7H2,(H,17,20). The Morgan fingerprint density at radius 1 is 1.36 bits per heavy atom. The van der Waals surface area contributed by atoms with Crippen molar-refractivity contribution in [1.82, 2.24) is 20.0 Å². The van der Waals surface area contributed by atoms with Crippen molar-refractivity contribution in [2.75, 3.05) is 6.54 Å². The number of hydrogen-bond donors (Lipinski definition) is 1. The summed E-state index contributed by atoms with van der Waals surface area (Å²) < 4.78 is 1.99. The van der Waals surface area contributed by atoms with E-state index >= 15 is 0 Å². The topological polar surface area (TPSA) is 84.3 Å². The summed E-state index contributed by atoms with van der Waals surface area (Å²) in [6.45, 7) is 0.320. The Kier molecular flexibility index (Phi) is 3.93. The maximum atomic E-state index is 12.4. The van der Waals surface area contributed by atoms with Crippen LogP contribution >= 0.6 is 15.9 Å². The average molecular weight is 365 g/mol. The summed E-state index contributed by atoms with van der Waals surface area (Å²) in [5.74, 6) is -0.533. The minimum atomic E-state index is -0.423.